The molecule has 1 amide bonds. The lowest BCUT2D eigenvalue weighted by Crippen LogP contribution is -2.35. The number of hydrogen-bond donors (Lipinski definition) is 0. The monoisotopic (exact) mass is 295 g/mol. The molecular weight excluding hydrogens is 269 g/mol. The predicted octanol–water partition coefficient (Wildman–Crippen LogP) is 4.58. The van der Waals surface area contributed by atoms with Crippen molar-refractivity contribution in [2.75, 3.05) is 13.1 Å². The molecule has 1 aliphatic rings. The van der Waals surface area contributed by atoms with E-state index in [1.54, 1.807) is 17.0 Å². The van der Waals surface area contributed by atoms with Gasteiger partial charge in [0.25, 0.3) is 0 Å². The summed E-state index contributed by atoms with van der Waals surface area (Å²) >= 11 is 0. The molecule has 1 unspecified atom stereocenters. The third-order valence-electron chi connectivity index (χ3n) is 3.18. The van der Waals surface area contributed by atoms with Crippen LogP contribution in [0.4, 0.5) is 9.18 Å². The van der Waals surface area contributed by atoms with E-state index in [1.165, 1.54) is 12.1 Å². The van der Waals surface area contributed by atoms with Crippen LogP contribution in [-0.2, 0) is 4.74 Å². The highest BCUT2D eigenvalue weighted by Gasteiger charge is 2.30. The number of benzene rings is 1. The van der Waals surface area contributed by atoms with E-state index in [1.807, 2.05) is 34.6 Å². The van der Waals surface area contributed by atoms with Gasteiger partial charge in [-0.15, -0.1) is 0 Å². The molecule has 0 aromatic heterocycles. The summed E-state index contributed by atoms with van der Waals surface area (Å²) in [4.78, 5) is 13.7. The summed E-state index contributed by atoms with van der Waals surface area (Å²) in [7, 11) is 0. The summed E-state index contributed by atoms with van der Waals surface area (Å²) in [5.74, 6) is 0.0406. The molecule has 4 heteroatoms. The summed E-state index contributed by atoms with van der Waals surface area (Å²) in [6, 6.07) is 6.51. The number of likely N-dealkylation sites (tertiary alicyclic amines) is 1. The molecule has 0 spiro atoms. The van der Waals surface area contributed by atoms with Crippen LogP contribution in [0.1, 0.15) is 52.5 Å². The van der Waals surface area contributed by atoms with E-state index in [0.29, 0.717) is 13.1 Å². The van der Waals surface area contributed by atoms with Gasteiger partial charge in [-0.05, 0) is 44.9 Å². The first kappa shape index (κ1) is 17.5. The van der Waals surface area contributed by atoms with Crippen LogP contribution in [0.2, 0.25) is 0 Å². The molecule has 21 heavy (non-hydrogen) atoms. The zero-order valence-electron chi connectivity index (χ0n) is 13.6. The molecular formula is C17H26FNO2. The highest BCUT2D eigenvalue weighted by Crippen LogP contribution is 2.28. The lowest BCUT2D eigenvalue weighted by atomic mass is 9.99. The Morgan fingerprint density at radius 2 is 1.81 bits per heavy atom. The smallest absolute Gasteiger partial charge is 0.410 e. The largest absolute Gasteiger partial charge is 0.444 e. The second kappa shape index (κ2) is 7.43. The van der Waals surface area contributed by atoms with Crippen molar-refractivity contribution >= 4 is 6.09 Å². The standard InChI is InChI=1S/C15H20FNO2.C2H6/c1-15(2,3)19-14(18)17-9-8-12(10-17)11-4-6-13(16)7-5-11;1-2/h4-7,12H,8-10H2,1-3H3;1-2H3. The average molecular weight is 295 g/mol. The third kappa shape index (κ3) is 5.37. The van der Waals surface area contributed by atoms with Gasteiger partial charge in [0, 0.05) is 19.0 Å². The number of nitrogens with zero attached hydrogens (tertiary/aromatic N) is 1. The molecule has 1 atom stereocenters. The zero-order chi connectivity index (χ0) is 16.0. The maximum Gasteiger partial charge on any atom is 0.410 e. The zero-order valence-corrected chi connectivity index (χ0v) is 13.6. The second-order valence-electron chi connectivity index (χ2n) is 5.96. The van der Waals surface area contributed by atoms with Crippen LogP contribution >= 0.6 is 0 Å². The first-order valence-corrected chi connectivity index (χ1v) is 7.58. The third-order valence-corrected chi connectivity index (χ3v) is 3.18. The Morgan fingerprint density at radius 3 is 2.33 bits per heavy atom. The fourth-order valence-electron chi connectivity index (χ4n) is 2.26. The minimum Gasteiger partial charge on any atom is -0.444 e. The molecule has 0 saturated carbocycles. The van der Waals surface area contributed by atoms with Crippen molar-refractivity contribution in [1.82, 2.24) is 4.90 Å². The van der Waals surface area contributed by atoms with Gasteiger partial charge in [-0.25, -0.2) is 9.18 Å². The summed E-state index contributed by atoms with van der Waals surface area (Å²) in [6.07, 6.45) is 0.627. The van der Waals surface area contributed by atoms with Crippen LogP contribution in [0.5, 0.6) is 0 Å². The fraction of sp³-hybridized carbons (Fsp3) is 0.588. The van der Waals surface area contributed by atoms with Gasteiger partial charge in [0.15, 0.2) is 0 Å². The quantitative estimate of drug-likeness (QED) is 0.759. The minimum atomic E-state index is -0.467. The van der Waals surface area contributed by atoms with Crippen molar-refractivity contribution in [3.63, 3.8) is 0 Å². The molecule has 1 aromatic rings. The molecule has 1 saturated heterocycles. The molecule has 118 valence electrons. The summed E-state index contributed by atoms with van der Waals surface area (Å²) < 4.78 is 18.2. The van der Waals surface area contributed by atoms with E-state index >= 15 is 0 Å². The van der Waals surface area contributed by atoms with Crippen LogP contribution in [0.3, 0.4) is 0 Å². The van der Waals surface area contributed by atoms with Crippen LogP contribution in [0.25, 0.3) is 0 Å². The van der Waals surface area contributed by atoms with Crippen LogP contribution in [0, 0.1) is 5.82 Å². The first-order chi connectivity index (χ1) is 9.85. The maximum atomic E-state index is 12.9. The van der Waals surface area contributed by atoms with E-state index < -0.39 is 5.60 Å². The number of amides is 1. The van der Waals surface area contributed by atoms with Crippen LogP contribution in [0.15, 0.2) is 24.3 Å². The van der Waals surface area contributed by atoms with Crippen molar-refractivity contribution in [2.24, 2.45) is 0 Å². The Kier molecular flexibility index (Phi) is 6.19. The number of carbonyl (C=O) groups is 1. The van der Waals surface area contributed by atoms with Gasteiger partial charge in [0.2, 0.25) is 0 Å². The number of rotatable bonds is 1. The predicted molar refractivity (Wildman–Crippen MR) is 82.9 cm³/mol. The molecule has 0 N–H and O–H groups in total. The number of carbonyl (C=O) groups excluding carboxylic acids is 1. The van der Waals surface area contributed by atoms with E-state index in [2.05, 4.69) is 0 Å². The SMILES string of the molecule is CC.CC(C)(C)OC(=O)N1CCC(c2ccc(F)cc2)C1. The molecule has 1 aromatic carbocycles. The Labute approximate surface area is 127 Å². The van der Waals surface area contributed by atoms with Gasteiger partial charge in [0.05, 0.1) is 0 Å². The van der Waals surface area contributed by atoms with E-state index in [-0.39, 0.29) is 17.8 Å². The normalized spacial score (nSPS) is 18.0. The molecule has 1 heterocycles. The highest BCUT2D eigenvalue weighted by atomic mass is 19.1. The number of halogens is 1. The van der Waals surface area contributed by atoms with Gasteiger partial charge in [-0.1, -0.05) is 26.0 Å². The molecule has 0 radical (unpaired) electrons. The van der Waals surface area contributed by atoms with Crippen molar-refractivity contribution in [3.05, 3.63) is 35.6 Å². The second-order valence-corrected chi connectivity index (χ2v) is 5.96. The summed E-state index contributed by atoms with van der Waals surface area (Å²) in [5, 5.41) is 0. The molecule has 1 fully saturated rings. The molecule has 0 aliphatic carbocycles. The van der Waals surface area contributed by atoms with E-state index in [0.717, 1.165) is 12.0 Å². The van der Waals surface area contributed by atoms with Crippen molar-refractivity contribution in [1.29, 1.82) is 0 Å². The van der Waals surface area contributed by atoms with E-state index in [9.17, 15) is 9.18 Å². The Hall–Kier alpha value is -1.58. The highest BCUT2D eigenvalue weighted by molar-refractivity contribution is 5.68. The summed E-state index contributed by atoms with van der Waals surface area (Å²) in [6.45, 7) is 10.9. The minimum absolute atomic E-state index is 0.231. The lowest BCUT2D eigenvalue weighted by molar-refractivity contribution is 0.0292. The fourth-order valence-corrected chi connectivity index (χ4v) is 2.26. The van der Waals surface area contributed by atoms with Crippen molar-refractivity contribution < 1.29 is 13.9 Å². The molecule has 2 rings (SSSR count). The van der Waals surface area contributed by atoms with Crippen LogP contribution in [-0.4, -0.2) is 29.7 Å². The van der Waals surface area contributed by atoms with Crippen LogP contribution < -0.4 is 0 Å². The Morgan fingerprint density at radius 1 is 1.24 bits per heavy atom. The maximum absolute atomic E-state index is 12.9. The van der Waals surface area contributed by atoms with Gasteiger partial charge in [-0.3, -0.25) is 0 Å². The van der Waals surface area contributed by atoms with E-state index in [4.69, 9.17) is 4.74 Å². The Bertz CT molecular complexity index is 451. The van der Waals surface area contributed by atoms with Crippen molar-refractivity contribution in [3.8, 4) is 0 Å². The van der Waals surface area contributed by atoms with Gasteiger partial charge in [0.1, 0.15) is 11.4 Å². The number of hydrogen-bond acceptors (Lipinski definition) is 2. The first-order valence-electron chi connectivity index (χ1n) is 7.58. The Balaban J connectivity index is 0.00000106. The lowest BCUT2D eigenvalue weighted by Gasteiger charge is -2.24. The topological polar surface area (TPSA) is 29.5 Å². The summed E-state index contributed by atoms with van der Waals surface area (Å²) in [5.41, 5.74) is 0.609. The molecule has 3 nitrogen and oxygen atoms in total. The van der Waals surface area contributed by atoms with Gasteiger partial charge in [-0.2, -0.15) is 0 Å². The van der Waals surface area contributed by atoms with Gasteiger partial charge >= 0.3 is 6.09 Å². The average Bonchev–Trinajstić information content (AvgIpc) is 2.90. The van der Waals surface area contributed by atoms with Gasteiger partial charge < -0.3 is 9.64 Å². The van der Waals surface area contributed by atoms with Crippen molar-refractivity contribution in [2.45, 2.75) is 52.6 Å². The number of ether oxygens (including phenoxy) is 1. The molecule has 0 bridgehead atoms. The molecule has 1 aliphatic heterocycles.